The van der Waals surface area contributed by atoms with Gasteiger partial charge >= 0.3 is 0 Å². The van der Waals surface area contributed by atoms with E-state index >= 15 is 0 Å². The fourth-order valence-corrected chi connectivity index (χ4v) is 4.71. The predicted octanol–water partition coefficient (Wildman–Crippen LogP) is 2.06. The number of hydrogen-bond donors (Lipinski definition) is 0. The molecule has 2 aliphatic heterocycles. The van der Waals surface area contributed by atoms with Gasteiger partial charge in [0.2, 0.25) is 0 Å². The quantitative estimate of drug-likeness (QED) is 0.857. The molecular weight excluding hydrogens is 288 g/mol. The molecule has 3 aliphatic rings. The Hall–Kier alpha value is -1.49. The van der Waals surface area contributed by atoms with Crippen LogP contribution in [-0.2, 0) is 0 Å². The van der Waals surface area contributed by atoms with E-state index < -0.39 is 0 Å². The van der Waals surface area contributed by atoms with E-state index in [2.05, 4.69) is 14.9 Å². The number of nitrogens with zero attached hydrogens (tertiary/aromatic N) is 4. The summed E-state index contributed by atoms with van der Waals surface area (Å²) in [5.41, 5.74) is 0.478. The number of amides is 1. The highest BCUT2D eigenvalue weighted by atomic mass is 16.2. The zero-order chi connectivity index (χ0) is 15.6. The molecular formula is C18H26N4O. The van der Waals surface area contributed by atoms with E-state index in [4.69, 9.17) is 0 Å². The minimum Gasteiger partial charge on any atom is -0.337 e. The van der Waals surface area contributed by atoms with Gasteiger partial charge in [-0.3, -0.25) is 9.78 Å². The first-order valence-electron chi connectivity index (χ1n) is 9.07. The average Bonchev–Trinajstić information content (AvgIpc) is 3.14. The lowest BCUT2D eigenvalue weighted by atomic mass is 9.89. The number of carbonyl (C=O) groups is 1. The highest BCUT2D eigenvalue weighted by Gasteiger charge is 2.42. The third kappa shape index (κ3) is 3.25. The van der Waals surface area contributed by atoms with Crippen LogP contribution < -0.4 is 0 Å². The summed E-state index contributed by atoms with van der Waals surface area (Å²) in [6.45, 7) is 5.41. The Morgan fingerprint density at radius 1 is 1.04 bits per heavy atom. The minimum atomic E-state index is 0.0475. The lowest BCUT2D eigenvalue weighted by Gasteiger charge is -2.28. The molecule has 0 radical (unpaired) electrons. The monoisotopic (exact) mass is 314 g/mol. The number of hydrogen-bond acceptors (Lipinski definition) is 4. The molecule has 0 spiro atoms. The lowest BCUT2D eigenvalue weighted by molar-refractivity contribution is 0.0765. The van der Waals surface area contributed by atoms with Gasteiger partial charge in [-0.2, -0.15) is 0 Å². The third-order valence-electron chi connectivity index (χ3n) is 5.87. The van der Waals surface area contributed by atoms with Gasteiger partial charge in [0, 0.05) is 45.1 Å². The topological polar surface area (TPSA) is 49.3 Å². The number of aromatic nitrogens is 2. The van der Waals surface area contributed by atoms with Gasteiger partial charge in [-0.25, -0.2) is 4.98 Å². The van der Waals surface area contributed by atoms with Gasteiger partial charge in [0.25, 0.3) is 5.91 Å². The summed E-state index contributed by atoms with van der Waals surface area (Å²) in [5, 5.41) is 0. The first kappa shape index (κ1) is 15.1. The second kappa shape index (κ2) is 6.56. The molecule has 5 heteroatoms. The minimum absolute atomic E-state index is 0.0475. The molecule has 0 unspecified atom stereocenters. The van der Waals surface area contributed by atoms with Crippen molar-refractivity contribution in [1.82, 2.24) is 19.8 Å². The van der Waals surface area contributed by atoms with Crippen molar-refractivity contribution in [3.8, 4) is 0 Å². The number of fused-ring (bicyclic) bond motifs is 1. The van der Waals surface area contributed by atoms with Crippen LogP contribution in [-0.4, -0.2) is 58.4 Å². The van der Waals surface area contributed by atoms with Gasteiger partial charge in [-0.05, 0) is 30.6 Å². The average molecular weight is 314 g/mol. The van der Waals surface area contributed by atoms with Crippen molar-refractivity contribution in [1.29, 1.82) is 0 Å². The van der Waals surface area contributed by atoms with Gasteiger partial charge in [0.05, 0.1) is 6.20 Å². The number of rotatable bonds is 3. The van der Waals surface area contributed by atoms with Crippen LogP contribution in [0, 0.1) is 17.8 Å². The molecule has 3 heterocycles. The van der Waals surface area contributed by atoms with Crippen LogP contribution >= 0.6 is 0 Å². The fraction of sp³-hybridized carbons (Fsp3) is 0.722. The van der Waals surface area contributed by atoms with Crippen LogP contribution in [0.15, 0.2) is 18.6 Å². The number of likely N-dealkylation sites (tertiary alicyclic amines) is 2. The Bertz CT molecular complexity index is 529. The molecule has 5 nitrogen and oxygen atoms in total. The van der Waals surface area contributed by atoms with Gasteiger partial charge in [-0.15, -0.1) is 0 Å². The van der Waals surface area contributed by atoms with Crippen molar-refractivity contribution in [3.63, 3.8) is 0 Å². The maximum Gasteiger partial charge on any atom is 0.274 e. The molecule has 1 aromatic rings. The van der Waals surface area contributed by atoms with E-state index in [1.807, 2.05) is 4.90 Å². The molecule has 23 heavy (non-hydrogen) atoms. The van der Waals surface area contributed by atoms with Crippen molar-refractivity contribution in [3.05, 3.63) is 24.3 Å². The molecule has 0 N–H and O–H groups in total. The summed E-state index contributed by atoms with van der Waals surface area (Å²) in [4.78, 5) is 25.3. The van der Waals surface area contributed by atoms with E-state index in [9.17, 15) is 4.79 Å². The SMILES string of the molecule is O=C(c1cnccn1)N1C[C@H]2CN(CC3CCCCC3)C[C@H]2C1. The first-order valence-corrected chi connectivity index (χ1v) is 9.07. The van der Waals surface area contributed by atoms with Gasteiger partial charge < -0.3 is 9.80 Å². The summed E-state index contributed by atoms with van der Waals surface area (Å²) in [6.07, 6.45) is 11.9. The third-order valence-corrected chi connectivity index (χ3v) is 5.87. The Balaban J connectivity index is 1.30. The van der Waals surface area contributed by atoms with Gasteiger partial charge in [0.15, 0.2) is 0 Å². The lowest BCUT2D eigenvalue weighted by Crippen LogP contribution is -2.35. The standard InChI is InChI=1S/C18H26N4O/c23-18(17-8-19-6-7-20-17)22-12-15-10-21(11-16(15)13-22)9-14-4-2-1-3-5-14/h6-8,14-16H,1-5,9-13H2/t15-,16+. The zero-order valence-electron chi connectivity index (χ0n) is 13.7. The summed E-state index contributed by atoms with van der Waals surface area (Å²) in [7, 11) is 0. The smallest absolute Gasteiger partial charge is 0.274 e. The second-order valence-corrected chi connectivity index (χ2v) is 7.54. The van der Waals surface area contributed by atoms with Crippen LogP contribution in [0.1, 0.15) is 42.6 Å². The highest BCUT2D eigenvalue weighted by Crippen LogP contribution is 2.33. The molecule has 0 aromatic carbocycles. The van der Waals surface area contributed by atoms with Crippen LogP contribution in [0.5, 0.6) is 0 Å². The number of carbonyl (C=O) groups excluding carboxylic acids is 1. The molecule has 3 fully saturated rings. The Morgan fingerprint density at radius 3 is 2.43 bits per heavy atom. The summed E-state index contributed by atoms with van der Waals surface area (Å²) in [5.74, 6) is 2.27. The Morgan fingerprint density at radius 2 is 1.78 bits per heavy atom. The van der Waals surface area contributed by atoms with E-state index in [0.717, 1.165) is 19.0 Å². The van der Waals surface area contributed by atoms with Crippen molar-refractivity contribution in [2.75, 3.05) is 32.7 Å². The summed E-state index contributed by atoms with van der Waals surface area (Å²) < 4.78 is 0. The molecule has 1 aliphatic carbocycles. The highest BCUT2D eigenvalue weighted by molar-refractivity contribution is 5.92. The predicted molar refractivity (Wildman–Crippen MR) is 87.9 cm³/mol. The van der Waals surface area contributed by atoms with Crippen molar-refractivity contribution in [2.45, 2.75) is 32.1 Å². The van der Waals surface area contributed by atoms with E-state index in [1.165, 1.54) is 51.7 Å². The Labute approximate surface area is 138 Å². The van der Waals surface area contributed by atoms with Crippen molar-refractivity contribution >= 4 is 5.91 Å². The second-order valence-electron chi connectivity index (χ2n) is 7.54. The Kier molecular flexibility index (Phi) is 4.29. The van der Waals surface area contributed by atoms with E-state index in [-0.39, 0.29) is 5.91 Å². The first-order chi connectivity index (χ1) is 11.3. The summed E-state index contributed by atoms with van der Waals surface area (Å²) in [6, 6.07) is 0. The largest absolute Gasteiger partial charge is 0.337 e. The van der Waals surface area contributed by atoms with Crippen molar-refractivity contribution < 1.29 is 4.79 Å². The maximum atomic E-state index is 12.5. The van der Waals surface area contributed by atoms with Crippen LogP contribution in [0.4, 0.5) is 0 Å². The zero-order valence-corrected chi connectivity index (χ0v) is 13.7. The molecule has 1 saturated carbocycles. The normalized spacial score (nSPS) is 29.0. The van der Waals surface area contributed by atoms with Crippen LogP contribution in [0.3, 0.4) is 0 Å². The maximum absolute atomic E-state index is 12.5. The molecule has 1 aromatic heterocycles. The molecule has 124 valence electrons. The van der Waals surface area contributed by atoms with E-state index in [0.29, 0.717) is 17.5 Å². The van der Waals surface area contributed by atoms with Crippen LogP contribution in [0.25, 0.3) is 0 Å². The molecule has 0 bridgehead atoms. The summed E-state index contributed by atoms with van der Waals surface area (Å²) >= 11 is 0. The molecule has 2 saturated heterocycles. The van der Waals surface area contributed by atoms with Gasteiger partial charge in [0.1, 0.15) is 5.69 Å². The molecule has 1 amide bonds. The van der Waals surface area contributed by atoms with E-state index in [1.54, 1.807) is 18.6 Å². The van der Waals surface area contributed by atoms with Gasteiger partial charge in [-0.1, -0.05) is 19.3 Å². The molecule has 4 rings (SSSR count). The van der Waals surface area contributed by atoms with Crippen molar-refractivity contribution in [2.24, 2.45) is 17.8 Å². The van der Waals surface area contributed by atoms with Crippen LogP contribution in [0.2, 0.25) is 0 Å². The molecule has 2 atom stereocenters. The fourth-order valence-electron chi connectivity index (χ4n) is 4.71.